The Hall–Kier alpha value is -2.90. The Labute approximate surface area is 120 Å². The third-order valence-electron chi connectivity index (χ3n) is 2.84. The van der Waals surface area contributed by atoms with Gasteiger partial charge in [0.1, 0.15) is 12.2 Å². The maximum atomic E-state index is 11.8. The van der Waals surface area contributed by atoms with E-state index in [1.54, 1.807) is 13.0 Å². The lowest BCUT2D eigenvalue weighted by Crippen LogP contribution is -2.31. The maximum Gasteiger partial charge on any atom is 0.335 e. The van der Waals surface area contributed by atoms with Crippen LogP contribution in [0.5, 0.6) is 0 Å². The summed E-state index contributed by atoms with van der Waals surface area (Å²) >= 11 is 0. The van der Waals surface area contributed by atoms with Crippen molar-refractivity contribution >= 4 is 17.7 Å². The number of hydrogen-bond acceptors (Lipinski definition) is 4. The molecule has 21 heavy (non-hydrogen) atoms. The number of urea groups is 1. The average molecular weight is 289 g/mol. The topological polar surface area (TPSA) is 120 Å². The van der Waals surface area contributed by atoms with E-state index in [0.29, 0.717) is 24.5 Å². The van der Waals surface area contributed by atoms with Gasteiger partial charge in [-0.05, 0) is 24.6 Å². The van der Waals surface area contributed by atoms with E-state index < -0.39 is 12.0 Å². The number of carbonyl (C=O) groups excluding carboxylic acids is 1. The van der Waals surface area contributed by atoms with Gasteiger partial charge in [-0.1, -0.05) is 6.07 Å². The number of hydrogen-bond donors (Lipinski definition) is 4. The Morgan fingerprint density at radius 2 is 2.19 bits per heavy atom. The first-order valence-electron chi connectivity index (χ1n) is 6.29. The molecule has 2 amide bonds. The molecule has 0 atom stereocenters. The Kier molecular flexibility index (Phi) is 4.50. The van der Waals surface area contributed by atoms with Crippen molar-refractivity contribution in [1.29, 1.82) is 0 Å². The highest BCUT2D eigenvalue weighted by molar-refractivity contribution is 5.93. The van der Waals surface area contributed by atoms with Gasteiger partial charge in [0.05, 0.1) is 5.56 Å². The lowest BCUT2D eigenvalue weighted by molar-refractivity contribution is 0.0697. The number of benzene rings is 1. The standard InChI is InChI=1S/C13H15N5O3/c1-8-2-3-9(12(19)20)6-10(8)17-13(21)14-5-4-11-15-7-16-18-11/h2-3,6-7H,4-5H2,1H3,(H,19,20)(H2,14,17,21)(H,15,16,18). The molecule has 0 unspecified atom stereocenters. The lowest BCUT2D eigenvalue weighted by atomic mass is 10.1. The number of carboxylic acids is 1. The van der Waals surface area contributed by atoms with Crippen LogP contribution in [0.2, 0.25) is 0 Å². The highest BCUT2D eigenvalue weighted by Gasteiger charge is 2.08. The molecule has 0 aliphatic heterocycles. The van der Waals surface area contributed by atoms with E-state index >= 15 is 0 Å². The summed E-state index contributed by atoms with van der Waals surface area (Å²) in [6.45, 7) is 2.18. The second kappa shape index (κ2) is 6.51. The number of nitrogens with zero attached hydrogens (tertiary/aromatic N) is 2. The van der Waals surface area contributed by atoms with Gasteiger partial charge in [-0.3, -0.25) is 5.10 Å². The average Bonchev–Trinajstić information content (AvgIpc) is 2.94. The first-order chi connectivity index (χ1) is 10.1. The summed E-state index contributed by atoms with van der Waals surface area (Å²) in [7, 11) is 0. The molecule has 0 saturated heterocycles. The van der Waals surface area contributed by atoms with Crippen molar-refractivity contribution in [3.63, 3.8) is 0 Å². The van der Waals surface area contributed by atoms with Crippen molar-refractivity contribution < 1.29 is 14.7 Å². The summed E-state index contributed by atoms with van der Waals surface area (Å²) in [5.41, 5.74) is 1.37. The van der Waals surface area contributed by atoms with E-state index in [4.69, 9.17) is 5.11 Å². The van der Waals surface area contributed by atoms with Crippen LogP contribution in [0.4, 0.5) is 10.5 Å². The zero-order valence-corrected chi connectivity index (χ0v) is 11.4. The highest BCUT2D eigenvalue weighted by Crippen LogP contribution is 2.16. The first-order valence-corrected chi connectivity index (χ1v) is 6.29. The normalized spacial score (nSPS) is 10.1. The fourth-order valence-electron chi connectivity index (χ4n) is 1.70. The van der Waals surface area contributed by atoms with E-state index in [9.17, 15) is 9.59 Å². The number of carboxylic acid groups (broad SMARTS) is 1. The summed E-state index contributed by atoms with van der Waals surface area (Å²) in [6.07, 6.45) is 1.93. The Morgan fingerprint density at radius 3 is 2.86 bits per heavy atom. The Balaban J connectivity index is 1.90. The van der Waals surface area contributed by atoms with Crippen LogP contribution in [0, 0.1) is 6.92 Å². The molecule has 2 rings (SSSR count). The number of carbonyl (C=O) groups is 2. The fraction of sp³-hybridized carbons (Fsp3) is 0.231. The van der Waals surface area contributed by atoms with Crippen molar-refractivity contribution in [2.45, 2.75) is 13.3 Å². The number of aryl methyl sites for hydroxylation is 1. The van der Waals surface area contributed by atoms with Gasteiger partial charge in [-0.2, -0.15) is 5.10 Å². The molecule has 1 heterocycles. The first kappa shape index (κ1) is 14.5. The summed E-state index contributed by atoms with van der Waals surface area (Å²) in [5, 5.41) is 20.6. The number of amides is 2. The zero-order valence-electron chi connectivity index (χ0n) is 11.4. The molecule has 1 aromatic heterocycles. The molecule has 0 aliphatic carbocycles. The molecule has 8 nitrogen and oxygen atoms in total. The van der Waals surface area contributed by atoms with E-state index in [2.05, 4.69) is 25.8 Å². The third kappa shape index (κ3) is 4.03. The molecular weight excluding hydrogens is 274 g/mol. The summed E-state index contributed by atoms with van der Waals surface area (Å²) in [5.74, 6) is -0.358. The number of rotatable bonds is 5. The van der Waals surface area contributed by atoms with Gasteiger partial charge in [-0.15, -0.1) is 0 Å². The molecule has 0 bridgehead atoms. The number of aromatic carboxylic acids is 1. The number of aromatic amines is 1. The second-order valence-corrected chi connectivity index (χ2v) is 4.40. The Morgan fingerprint density at radius 1 is 1.38 bits per heavy atom. The van der Waals surface area contributed by atoms with Crippen LogP contribution in [-0.4, -0.2) is 38.8 Å². The third-order valence-corrected chi connectivity index (χ3v) is 2.84. The molecule has 4 N–H and O–H groups in total. The predicted octanol–water partition coefficient (Wildman–Crippen LogP) is 1.18. The van der Waals surface area contributed by atoms with Gasteiger partial charge in [0.25, 0.3) is 0 Å². The minimum absolute atomic E-state index is 0.123. The van der Waals surface area contributed by atoms with Crippen LogP contribution in [0.25, 0.3) is 0 Å². The van der Waals surface area contributed by atoms with Crippen LogP contribution >= 0.6 is 0 Å². The van der Waals surface area contributed by atoms with Gasteiger partial charge in [0, 0.05) is 18.7 Å². The monoisotopic (exact) mass is 289 g/mol. The Bertz CT molecular complexity index is 639. The smallest absolute Gasteiger partial charge is 0.335 e. The summed E-state index contributed by atoms with van der Waals surface area (Å²) in [4.78, 5) is 26.6. The van der Waals surface area contributed by atoms with Crippen LogP contribution in [0.15, 0.2) is 24.5 Å². The highest BCUT2D eigenvalue weighted by atomic mass is 16.4. The lowest BCUT2D eigenvalue weighted by Gasteiger charge is -2.10. The largest absolute Gasteiger partial charge is 0.478 e. The summed E-state index contributed by atoms with van der Waals surface area (Å²) in [6, 6.07) is 4.16. The van der Waals surface area contributed by atoms with E-state index in [1.807, 2.05) is 0 Å². The number of H-pyrrole nitrogens is 1. The van der Waals surface area contributed by atoms with E-state index in [0.717, 1.165) is 5.56 Å². The molecule has 110 valence electrons. The van der Waals surface area contributed by atoms with Gasteiger partial charge >= 0.3 is 12.0 Å². The number of aromatic nitrogens is 3. The van der Waals surface area contributed by atoms with Gasteiger partial charge in [0.2, 0.25) is 0 Å². The summed E-state index contributed by atoms with van der Waals surface area (Å²) < 4.78 is 0. The zero-order chi connectivity index (χ0) is 15.2. The van der Waals surface area contributed by atoms with Crippen LogP contribution in [0.3, 0.4) is 0 Å². The van der Waals surface area contributed by atoms with Crippen LogP contribution in [-0.2, 0) is 6.42 Å². The van der Waals surface area contributed by atoms with Gasteiger partial charge in [0.15, 0.2) is 0 Å². The molecule has 0 fully saturated rings. The number of nitrogens with one attached hydrogen (secondary N) is 3. The van der Waals surface area contributed by atoms with Crippen LogP contribution in [0.1, 0.15) is 21.7 Å². The molecule has 0 saturated carbocycles. The van der Waals surface area contributed by atoms with E-state index in [1.165, 1.54) is 18.5 Å². The van der Waals surface area contributed by atoms with Gasteiger partial charge in [-0.25, -0.2) is 14.6 Å². The molecule has 8 heteroatoms. The molecule has 0 aliphatic rings. The minimum atomic E-state index is -1.04. The molecule has 0 radical (unpaired) electrons. The van der Waals surface area contributed by atoms with Crippen molar-refractivity contribution in [3.05, 3.63) is 41.5 Å². The van der Waals surface area contributed by atoms with Crippen molar-refractivity contribution in [2.24, 2.45) is 0 Å². The quantitative estimate of drug-likeness (QED) is 0.658. The van der Waals surface area contributed by atoms with Crippen molar-refractivity contribution in [1.82, 2.24) is 20.5 Å². The molecule has 1 aromatic carbocycles. The van der Waals surface area contributed by atoms with Gasteiger partial charge < -0.3 is 15.7 Å². The molecular formula is C13H15N5O3. The fourth-order valence-corrected chi connectivity index (χ4v) is 1.70. The SMILES string of the molecule is Cc1ccc(C(=O)O)cc1NC(=O)NCCc1ncn[nH]1. The molecule has 0 spiro atoms. The van der Waals surface area contributed by atoms with Crippen molar-refractivity contribution in [2.75, 3.05) is 11.9 Å². The second-order valence-electron chi connectivity index (χ2n) is 4.40. The van der Waals surface area contributed by atoms with Crippen LogP contribution < -0.4 is 10.6 Å². The minimum Gasteiger partial charge on any atom is -0.478 e. The van der Waals surface area contributed by atoms with Crippen molar-refractivity contribution in [3.8, 4) is 0 Å². The molecule has 2 aromatic rings. The van der Waals surface area contributed by atoms with E-state index in [-0.39, 0.29) is 5.56 Å². The maximum absolute atomic E-state index is 11.8. The predicted molar refractivity (Wildman–Crippen MR) is 75.2 cm³/mol. The number of anilines is 1.